The molecule has 5 aliphatic rings. The first-order valence-corrected chi connectivity index (χ1v) is 16.9. The zero-order chi connectivity index (χ0) is 33.7. The molecule has 1 aromatic rings. The van der Waals surface area contributed by atoms with Crippen LogP contribution in [0.5, 0.6) is 5.75 Å². The Labute approximate surface area is 279 Å². The highest BCUT2D eigenvalue weighted by molar-refractivity contribution is 6.32. The van der Waals surface area contributed by atoms with Gasteiger partial charge in [-0.3, -0.25) is 14.4 Å². The Kier molecular flexibility index (Phi) is 8.69. The Morgan fingerprint density at radius 2 is 1.91 bits per heavy atom. The van der Waals surface area contributed by atoms with Gasteiger partial charge in [-0.25, -0.2) is 9.59 Å². The van der Waals surface area contributed by atoms with Gasteiger partial charge in [0.1, 0.15) is 29.0 Å². The van der Waals surface area contributed by atoms with E-state index in [1.807, 2.05) is 18.2 Å². The number of carboxylic acids is 1. The summed E-state index contributed by atoms with van der Waals surface area (Å²) in [6, 6.07) is 1.59. The number of nitrogens with one attached hydrogen (secondary N) is 2. The van der Waals surface area contributed by atoms with E-state index in [0.29, 0.717) is 42.3 Å². The number of fused-ring (bicyclic) bond motifs is 3. The van der Waals surface area contributed by atoms with Crippen LogP contribution in [0.4, 0.5) is 10.5 Å². The van der Waals surface area contributed by atoms with Crippen LogP contribution in [0.3, 0.4) is 0 Å². The molecule has 4 heterocycles. The van der Waals surface area contributed by atoms with Gasteiger partial charge < -0.3 is 35.0 Å². The highest BCUT2D eigenvalue weighted by Crippen LogP contribution is 2.49. The maximum Gasteiger partial charge on any atom is 0.408 e. The molecule has 1 saturated carbocycles. The van der Waals surface area contributed by atoms with E-state index in [-0.39, 0.29) is 44.2 Å². The third-order valence-corrected chi connectivity index (χ3v) is 10.2. The molecule has 12 nitrogen and oxygen atoms in total. The number of carbonyl (C=O) groups is 5. The lowest BCUT2D eigenvalue weighted by atomic mass is 9.84. The van der Waals surface area contributed by atoms with Crippen molar-refractivity contribution in [1.82, 2.24) is 15.5 Å². The Morgan fingerprint density at radius 1 is 1.13 bits per heavy atom. The number of anilines is 1. The minimum absolute atomic E-state index is 0.0871. The van der Waals surface area contributed by atoms with Crippen molar-refractivity contribution in [1.29, 1.82) is 0 Å². The van der Waals surface area contributed by atoms with Crippen molar-refractivity contribution in [3.8, 4) is 5.75 Å². The van der Waals surface area contributed by atoms with E-state index < -0.39 is 52.5 Å². The van der Waals surface area contributed by atoms with Gasteiger partial charge >= 0.3 is 12.1 Å². The number of halogens is 1. The number of hydrogen-bond acceptors (Lipinski definition) is 7. The molecule has 6 rings (SSSR count). The van der Waals surface area contributed by atoms with Crippen molar-refractivity contribution >= 4 is 47.1 Å². The zero-order valence-electron chi connectivity index (χ0n) is 27.1. The summed E-state index contributed by atoms with van der Waals surface area (Å²) < 4.78 is 11.1. The standard InChI is InChI=1S/C34H43ClN4O8/c1-32(2,3)47-31(45)36-24-10-8-6-4-5-7-9-21-15-34(21,30(43)44)37-28(41)25-16-33(19-39(25)29(24)42)17-26(40)38(18-33)22-13-20-11-12-46-27(20)23(35)14-22/h7,9,13-14,21,24-25H,4-6,8,10-12,15-19H2,1-3H3,(H,36,45)(H,37,41)(H,43,44)/b9-7-. The molecule has 1 aliphatic carbocycles. The normalized spacial score (nSPS) is 31.6. The number of carbonyl (C=O) groups excluding carboxylic acids is 4. The summed E-state index contributed by atoms with van der Waals surface area (Å²) in [6.45, 7) is 6.04. The van der Waals surface area contributed by atoms with Crippen LogP contribution in [-0.2, 0) is 30.3 Å². The van der Waals surface area contributed by atoms with Gasteiger partial charge in [0.05, 0.1) is 11.6 Å². The van der Waals surface area contributed by atoms with Gasteiger partial charge in [0, 0.05) is 48.5 Å². The Morgan fingerprint density at radius 3 is 2.66 bits per heavy atom. The number of aliphatic carboxylic acids is 1. The van der Waals surface area contributed by atoms with E-state index in [0.717, 1.165) is 24.8 Å². The van der Waals surface area contributed by atoms with Gasteiger partial charge in [0.15, 0.2) is 0 Å². The third kappa shape index (κ3) is 6.66. The first-order valence-electron chi connectivity index (χ1n) is 16.5. The van der Waals surface area contributed by atoms with Crippen molar-refractivity contribution in [2.24, 2.45) is 11.3 Å². The van der Waals surface area contributed by atoms with Crippen LogP contribution in [0.15, 0.2) is 24.3 Å². The number of amides is 4. The number of allylic oxidation sites excluding steroid dienone is 1. The highest BCUT2D eigenvalue weighted by Gasteiger charge is 2.62. The number of hydrogen-bond donors (Lipinski definition) is 3. The quantitative estimate of drug-likeness (QED) is 0.408. The lowest BCUT2D eigenvalue weighted by Crippen LogP contribution is -2.56. The molecule has 1 spiro atoms. The Hall–Kier alpha value is -3.80. The van der Waals surface area contributed by atoms with Gasteiger partial charge in [0.25, 0.3) is 0 Å². The van der Waals surface area contributed by atoms with Crippen LogP contribution >= 0.6 is 11.6 Å². The molecule has 0 radical (unpaired) electrons. The number of rotatable bonds is 3. The van der Waals surface area contributed by atoms with Crippen LogP contribution in [0.1, 0.15) is 77.7 Å². The van der Waals surface area contributed by atoms with E-state index in [2.05, 4.69) is 10.6 Å². The number of ether oxygens (including phenoxy) is 2. The molecule has 1 aromatic carbocycles. The smallest absolute Gasteiger partial charge is 0.408 e. The van der Waals surface area contributed by atoms with E-state index >= 15 is 0 Å². The van der Waals surface area contributed by atoms with Gasteiger partial charge in [0.2, 0.25) is 17.7 Å². The van der Waals surface area contributed by atoms with Crippen molar-refractivity contribution in [3.63, 3.8) is 0 Å². The van der Waals surface area contributed by atoms with Crippen LogP contribution in [0.25, 0.3) is 0 Å². The van der Waals surface area contributed by atoms with E-state index in [9.17, 15) is 29.1 Å². The maximum absolute atomic E-state index is 14.4. The van der Waals surface area contributed by atoms with Crippen molar-refractivity contribution in [3.05, 3.63) is 34.9 Å². The van der Waals surface area contributed by atoms with Crippen molar-refractivity contribution in [2.75, 3.05) is 24.6 Å². The molecule has 0 aromatic heterocycles. The molecule has 0 bridgehead atoms. The molecule has 4 aliphatic heterocycles. The summed E-state index contributed by atoms with van der Waals surface area (Å²) >= 11 is 6.50. The summed E-state index contributed by atoms with van der Waals surface area (Å²) in [6.07, 6.45) is 7.60. The average molecular weight is 671 g/mol. The van der Waals surface area contributed by atoms with Gasteiger partial charge in [-0.05, 0) is 65.0 Å². The lowest BCUT2D eigenvalue weighted by molar-refractivity contribution is -0.145. The first-order chi connectivity index (χ1) is 22.2. The third-order valence-electron chi connectivity index (χ3n) is 9.91. The molecule has 3 N–H and O–H groups in total. The molecule has 4 amide bonds. The Balaban J connectivity index is 1.31. The van der Waals surface area contributed by atoms with E-state index in [4.69, 9.17) is 21.1 Å². The predicted octanol–water partition coefficient (Wildman–Crippen LogP) is 3.97. The fraction of sp³-hybridized carbons (Fsp3) is 0.618. The monoisotopic (exact) mass is 670 g/mol. The molecule has 13 heteroatoms. The molecule has 2 saturated heterocycles. The number of carboxylic acid groups (broad SMARTS) is 1. The highest BCUT2D eigenvalue weighted by atomic mass is 35.5. The van der Waals surface area contributed by atoms with Crippen molar-refractivity contribution < 1.29 is 38.6 Å². The number of alkyl carbamates (subject to hydrolysis) is 1. The molecular weight excluding hydrogens is 628 g/mol. The number of benzene rings is 1. The van der Waals surface area contributed by atoms with E-state index in [1.54, 1.807) is 31.7 Å². The lowest BCUT2D eigenvalue weighted by Gasteiger charge is -2.30. The summed E-state index contributed by atoms with van der Waals surface area (Å²) in [4.78, 5) is 70.4. The molecule has 5 atom stereocenters. The fourth-order valence-electron chi connectivity index (χ4n) is 7.52. The maximum atomic E-state index is 14.4. The van der Waals surface area contributed by atoms with Crippen LogP contribution in [0.2, 0.25) is 5.02 Å². The van der Waals surface area contributed by atoms with Crippen LogP contribution in [0, 0.1) is 11.3 Å². The minimum Gasteiger partial charge on any atom is -0.491 e. The zero-order valence-corrected chi connectivity index (χ0v) is 27.9. The van der Waals surface area contributed by atoms with Crippen molar-refractivity contribution in [2.45, 2.75) is 102 Å². The first kappa shape index (κ1) is 33.1. The molecule has 5 unspecified atom stereocenters. The van der Waals surface area contributed by atoms with Crippen LogP contribution < -0.4 is 20.3 Å². The minimum atomic E-state index is -1.45. The van der Waals surface area contributed by atoms with Gasteiger partial charge in [-0.2, -0.15) is 0 Å². The average Bonchev–Trinajstić information content (AvgIpc) is 3.28. The van der Waals surface area contributed by atoms with E-state index in [1.165, 1.54) is 4.90 Å². The predicted molar refractivity (Wildman–Crippen MR) is 172 cm³/mol. The summed E-state index contributed by atoms with van der Waals surface area (Å²) in [5.41, 5.74) is -1.47. The summed E-state index contributed by atoms with van der Waals surface area (Å²) in [5, 5.41) is 16.1. The Bertz CT molecular complexity index is 1520. The second-order valence-corrected chi connectivity index (χ2v) is 15.1. The number of nitrogens with zero attached hydrogens (tertiary/aromatic N) is 2. The summed E-state index contributed by atoms with van der Waals surface area (Å²) in [7, 11) is 0. The van der Waals surface area contributed by atoms with Gasteiger partial charge in [-0.1, -0.05) is 36.6 Å². The largest absolute Gasteiger partial charge is 0.491 e. The summed E-state index contributed by atoms with van der Waals surface area (Å²) in [5.74, 6) is -2.06. The second kappa shape index (κ2) is 12.3. The fourth-order valence-corrected chi connectivity index (χ4v) is 7.81. The molecule has 3 fully saturated rings. The molecular formula is C34H43ClN4O8. The second-order valence-electron chi connectivity index (χ2n) is 14.7. The molecule has 254 valence electrons. The SMILES string of the molecule is CC(C)(C)OC(=O)NC1CCCCC/C=C\C2CC2(C(=O)O)NC(=O)C2CC3(CC(=O)N(c4cc(Cl)c5c(c4)CCO5)C3)CN2C1=O. The van der Waals surface area contributed by atoms with Crippen LogP contribution in [-0.4, -0.2) is 82.7 Å². The molecule has 47 heavy (non-hydrogen) atoms. The topological polar surface area (TPSA) is 155 Å². The van der Waals surface area contributed by atoms with Gasteiger partial charge in [-0.15, -0.1) is 0 Å².